The summed E-state index contributed by atoms with van der Waals surface area (Å²) in [6.07, 6.45) is 8.74. The number of rotatable bonds is 4. The Balaban J connectivity index is 1.82. The van der Waals surface area contributed by atoms with E-state index in [4.69, 9.17) is 11.6 Å². The second-order valence-electron chi connectivity index (χ2n) is 4.55. The van der Waals surface area contributed by atoms with E-state index in [9.17, 15) is 0 Å². The van der Waals surface area contributed by atoms with E-state index in [1.165, 1.54) is 19.3 Å². The molecule has 2 atom stereocenters. The van der Waals surface area contributed by atoms with Crippen LogP contribution in [0.2, 0.25) is 0 Å². The van der Waals surface area contributed by atoms with E-state index in [0.29, 0.717) is 11.3 Å². The fourth-order valence-electron chi connectivity index (χ4n) is 2.38. The van der Waals surface area contributed by atoms with Gasteiger partial charge in [0.1, 0.15) is 0 Å². The standard InChI is InChI=1S/C12H20ClN3/c1-2-16-7-6-14-12(16)15-9-10-4-3-5-11(13)8-10/h6-7,10-11H,2-5,8-9H2,1H3,(H,14,15). The third-order valence-corrected chi connectivity index (χ3v) is 3.72. The van der Waals surface area contributed by atoms with Gasteiger partial charge in [-0.05, 0) is 32.1 Å². The van der Waals surface area contributed by atoms with E-state index in [2.05, 4.69) is 21.8 Å². The second-order valence-corrected chi connectivity index (χ2v) is 5.16. The summed E-state index contributed by atoms with van der Waals surface area (Å²) < 4.78 is 2.13. The van der Waals surface area contributed by atoms with Gasteiger partial charge in [0.15, 0.2) is 0 Å². The molecule has 1 aliphatic carbocycles. The summed E-state index contributed by atoms with van der Waals surface area (Å²) in [4.78, 5) is 4.31. The van der Waals surface area contributed by atoms with Crippen molar-refractivity contribution in [2.75, 3.05) is 11.9 Å². The van der Waals surface area contributed by atoms with Gasteiger partial charge in [0.2, 0.25) is 5.95 Å². The number of aryl methyl sites for hydroxylation is 1. The van der Waals surface area contributed by atoms with E-state index >= 15 is 0 Å². The van der Waals surface area contributed by atoms with Crippen LogP contribution in [0.3, 0.4) is 0 Å². The molecule has 0 spiro atoms. The van der Waals surface area contributed by atoms with Crippen molar-refractivity contribution in [3.63, 3.8) is 0 Å². The van der Waals surface area contributed by atoms with E-state index < -0.39 is 0 Å². The molecule has 16 heavy (non-hydrogen) atoms. The highest BCUT2D eigenvalue weighted by Crippen LogP contribution is 2.27. The number of alkyl halides is 1. The minimum Gasteiger partial charge on any atom is -0.355 e. The van der Waals surface area contributed by atoms with Crippen LogP contribution in [0.15, 0.2) is 12.4 Å². The van der Waals surface area contributed by atoms with Gasteiger partial charge in [0, 0.05) is 30.9 Å². The first-order valence-electron chi connectivity index (χ1n) is 6.18. The summed E-state index contributed by atoms with van der Waals surface area (Å²) in [5.41, 5.74) is 0. The number of hydrogen-bond acceptors (Lipinski definition) is 2. The molecule has 1 fully saturated rings. The van der Waals surface area contributed by atoms with E-state index in [1.54, 1.807) is 0 Å². The lowest BCUT2D eigenvalue weighted by atomic mass is 9.89. The van der Waals surface area contributed by atoms with Crippen molar-refractivity contribution in [3.8, 4) is 0 Å². The largest absolute Gasteiger partial charge is 0.355 e. The molecule has 0 bridgehead atoms. The topological polar surface area (TPSA) is 29.9 Å². The zero-order valence-electron chi connectivity index (χ0n) is 9.82. The van der Waals surface area contributed by atoms with Gasteiger partial charge < -0.3 is 9.88 Å². The monoisotopic (exact) mass is 241 g/mol. The molecule has 1 N–H and O–H groups in total. The molecule has 4 heteroatoms. The molecule has 90 valence electrons. The lowest BCUT2D eigenvalue weighted by Gasteiger charge is -2.25. The van der Waals surface area contributed by atoms with Crippen molar-refractivity contribution in [1.82, 2.24) is 9.55 Å². The lowest BCUT2D eigenvalue weighted by Crippen LogP contribution is -2.23. The first kappa shape index (κ1) is 11.8. The molecular weight excluding hydrogens is 222 g/mol. The Bertz CT molecular complexity index is 324. The molecule has 1 aromatic rings. The van der Waals surface area contributed by atoms with Crippen LogP contribution in [0.5, 0.6) is 0 Å². The minimum absolute atomic E-state index is 0.381. The maximum atomic E-state index is 6.18. The summed E-state index contributed by atoms with van der Waals surface area (Å²) in [5.74, 6) is 1.69. The molecular formula is C12H20ClN3. The SMILES string of the molecule is CCn1ccnc1NCC1CCCC(Cl)C1. The van der Waals surface area contributed by atoms with Gasteiger partial charge in [-0.25, -0.2) is 4.98 Å². The third kappa shape index (κ3) is 2.91. The molecule has 2 unspecified atom stereocenters. The fraction of sp³-hybridized carbons (Fsp3) is 0.750. The van der Waals surface area contributed by atoms with Gasteiger partial charge in [0.25, 0.3) is 0 Å². The molecule has 3 nitrogen and oxygen atoms in total. The number of halogens is 1. The maximum absolute atomic E-state index is 6.18. The Morgan fingerprint density at radius 1 is 1.56 bits per heavy atom. The maximum Gasteiger partial charge on any atom is 0.202 e. The van der Waals surface area contributed by atoms with Crippen LogP contribution in [-0.2, 0) is 6.54 Å². The molecule has 1 saturated carbocycles. The Morgan fingerprint density at radius 2 is 2.44 bits per heavy atom. The first-order valence-corrected chi connectivity index (χ1v) is 6.62. The molecule has 1 aromatic heterocycles. The van der Waals surface area contributed by atoms with Crippen LogP contribution in [0, 0.1) is 5.92 Å². The Morgan fingerprint density at radius 3 is 3.19 bits per heavy atom. The van der Waals surface area contributed by atoms with Gasteiger partial charge in [-0.3, -0.25) is 0 Å². The van der Waals surface area contributed by atoms with Crippen molar-refractivity contribution < 1.29 is 0 Å². The van der Waals surface area contributed by atoms with Crippen LogP contribution < -0.4 is 5.32 Å². The zero-order valence-corrected chi connectivity index (χ0v) is 10.6. The second kappa shape index (κ2) is 5.58. The summed E-state index contributed by atoms with van der Waals surface area (Å²) in [7, 11) is 0. The van der Waals surface area contributed by atoms with E-state index in [-0.39, 0.29) is 0 Å². The molecule has 0 aliphatic heterocycles. The highest BCUT2D eigenvalue weighted by Gasteiger charge is 2.20. The van der Waals surface area contributed by atoms with Crippen molar-refractivity contribution in [1.29, 1.82) is 0 Å². The molecule has 0 radical (unpaired) electrons. The Hall–Kier alpha value is -0.700. The van der Waals surface area contributed by atoms with Crippen molar-refractivity contribution in [2.45, 2.75) is 44.5 Å². The molecule has 0 amide bonds. The van der Waals surface area contributed by atoms with Crippen molar-refractivity contribution in [2.24, 2.45) is 5.92 Å². The van der Waals surface area contributed by atoms with Crippen LogP contribution >= 0.6 is 11.6 Å². The number of imidazole rings is 1. The number of hydrogen-bond donors (Lipinski definition) is 1. The highest BCUT2D eigenvalue weighted by molar-refractivity contribution is 6.20. The fourth-order valence-corrected chi connectivity index (χ4v) is 2.78. The van der Waals surface area contributed by atoms with Crippen LogP contribution in [-0.4, -0.2) is 21.5 Å². The number of aromatic nitrogens is 2. The van der Waals surface area contributed by atoms with Crippen molar-refractivity contribution in [3.05, 3.63) is 12.4 Å². The number of anilines is 1. The van der Waals surface area contributed by atoms with E-state index in [0.717, 1.165) is 25.5 Å². The zero-order chi connectivity index (χ0) is 11.4. The Labute approximate surface area is 102 Å². The first-order chi connectivity index (χ1) is 7.79. The number of nitrogens with zero attached hydrogens (tertiary/aromatic N) is 2. The predicted molar refractivity (Wildman–Crippen MR) is 68.0 cm³/mol. The molecule has 1 aliphatic rings. The van der Waals surface area contributed by atoms with Gasteiger partial charge >= 0.3 is 0 Å². The third-order valence-electron chi connectivity index (χ3n) is 3.32. The molecule has 1 heterocycles. The van der Waals surface area contributed by atoms with E-state index in [1.807, 2.05) is 12.4 Å². The van der Waals surface area contributed by atoms with Gasteiger partial charge in [-0.15, -0.1) is 11.6 Å². The molecule has 2 rings (SSSR count). The Kier molecular flexibility index (Phi) is 4.10. The summed E-state index contributed by atoms with van der Waals surface area (Å²) in [5, 5.41) is 3.81. The molecule has 0 saturated heterocycles. The lowest BCUT2D eigenvalue weighted by molar-refractivity contribution is 0.377. The minimum atomic E-state index is 0.381. The highest BCUT2D eigenvalue weighted by atomic mass is 35.5. The van der Waals surface area contributed by atoms with Crippen LogP contribution in [0.4, 0.5) is 5.95 Å². The van der Waals surface area contributed by atoms with Gasteiger partial charge in [-0.2, -0.15) is 0 Å². The average molecular weight is 242 g/mol. The van der Waals surface area contributed by atoms with Crippen LogP contribution in [0.1, 0.15) is 32.6 Å². The molecule has 0 aromatic carbocycles. The summed E-state index contributed by atoms with van der Waals surface area (Å²) >= 11 is 6.18. The predicted octanol–water partition coefficient (Wildman–Crippen LogP) is 3.11. The van der Waals surface area contributed by atoms with Gasteiger partial charge in [-0.1, -0.05) is 6.42 Å². The van der Waals surface area contributed by atoms with Crippen molar-refractivity contribution >= 4 is 17.5 Å². The van der Waals surface area contributed by atoms with Crippen LogP contribution in [0.25, 0.3) is 0 Å². The number of nitrogens with one attached hydrogen (secondary N) is 1. The smallest absolute Gasteiger partial charge is 0.202 e. The summed E-state index contributed by atoms with van der Waals surface area (Å²) in [6, 6.07) is 0. The summed E-state index contributed by atoms with van der Waals surface area (Å²) in [6.45, 7) is 4.09. The quantitative estimate of drug-likeness (QED) is 0.821. The normalized spacial score (nSPS) is 25.6. The van der Waals surface area contributed by atoms with Gasteiger partial charge in [0.05, 0.1) is 0 Å². The average Bonchev–Trinajstić information content (AvgIpc) is 2.74.